The number of nitrogens with one attached hydrogen (secondary N) is 5. The zero-order valence-electron chi connectivity index (χ0n) is 44.8. The van der Waals surface area contributed by atoms with Gasteiger partial charge < -0.3 is 57.2 Å². The Morgan fingerprint density at radius 1 is 0.562 bits per heavy atom. The summed E-state index contributed by atoms with van der Waals surface area (Å²) in [6.45, 7) is 1.72. The lowest BCUT2D eigenvalue weighted by molar-refractivity contribution is -0.141. The van der Waals surface area contributed by atoms with Crippen LogP contribution in [0.4, 0.5) is 4.79 Å². The lowest BCUT2D eigenvalue weighted by Gasteiger charge is -2.33. The summed E-state index contributed by atoms with van der Waals surface area (Å²) in [6.07, 6.45) is 2.62. The van der Waals surface area contributed by atoms with Gasteiger partial charge in [-0.1, -0.05) is 48.5 Å². The van der Waals surface area contributed by atoms with E-state index in [9.17, 15) is 73.5 Å². The van der Waals surface area contributed by atoms with Gasteiger partial charge in [0.1, 0.15) is 18.1 Å². The molecule has 0 unspecified atom stereocenters. The molecule has 436 valence electrons. The largest absolute Gasteiger partial charge is 0.481 e. The predicted octanol–water partition coefficient (Wildman–Crippen LogP) is 1.02. The molecular formula is C55H75N9O16. The van der Waals surface area contributed by atoms with Crippen LogP contribution in [0, 0.1) is 23.7 Å². The standard InChI is InChI=1S/C55H75N9O16/c65-45(30-61-18-20-62(31-47(68)69)22-24-64(33-49(72)73)25-23-63(21-19-61)32-48(70)71)57-29-34-12-14-35(15-13-34)51(74)58-44(28-42-39-8-3-1-6-36(39)26-37-7-2-4-9-40(37)42)52(75)56-17-16-38-27-41(38)50(54(78)79)60-55(80)59-43(53(76)77)10-5-11-46(66)67/h1-4,6-9,26,34-35,38,41,43-44,50H,5,10-25,27-33H2,(H,56,75)(H,57,65)(H,58,74)(H,66,67)(H,68,69)(H,70,71)(H,72,73)(H,76,77)(H,78,79)(H2,59,60,80)/t34-,35-,38-,41-,43-,44-,50-/m0/s1. The normalized spacial score (nSPS) is 20.9. The number of aliphatic carboxylic acids is 6. The number of fused-ring (bicyclic) bond motifs is 2. The second-order valence-electron chi connectivity index (χ2n) is 21.2. The van der Waals surface area contributed by atoms with Crippen LogP contribution in [-0.4, -0.2) is 220 Å². The molecule has 3 aliphatic rings. The first kappa shape index (κ1) is 61.7. The molecule has 1 heterocycles. The van der Waals surface area contributed by atoms with E-state index in [4.69, 9.17) is 5.11 Å². The summed E-state index contributed by atoms with van der Waals surface area (Å²) < 4.78 is 0. The molecule has 1 saturated heterocycles. The monoisotopic (exact) mass is 1120 g/mol. The Hall–Kier alpha value is -7.48. The molecular weight excluding hydrogens is 1040 g/mol. The molecule has 2 aliphatic carbocycles. The van der Waals surface area contributed by atoms with E-state index in [0.717, 1.165) is 27.1 Å². The number of nitrogens with zero attached hydrogens (tertiary/aromatic N) is 4. The Bertz CT molecular complexity index is 2620. The highest BCUT2D eigenvalue weighted by molar-refractivity contribution is 6.03. The van der Waals surface area contributed by atoms with Gasteiger partial charge in [-0.3, -0.25) is 53.2 Å². The van der Waals surface area contributed by atoms with Gasteiger partial charge in [-0.15, -0.1) is 0 Å². The van der Waals surface area contributed by atoms with Gasteiger partial charge in [-0.2, -0.15) is 0 Å². The fourth-order valence-electron chi connectivity index (χ4n) is 10.9. The van der Waals surface area contributed by atoms with Crippen molar-refractivity contribution in [1.29, 1.82) is 0 Å². The minimum Gasteiger partial charge on any atom is -0.481 e. The van der Waals surface area contributed by atoms with Gasteiger partial charge in [0.25, 0.3) is 0 Å². The molecule has 11 N–H and O–H groups in total. The number of urea groups is 1. The first-order valence-corrected chi connectivity index (χ1v) is 27.3. The third-order valence-electron chi connectivity index (χ3n) is 15.4. The van der Waals surface area contributed by atoms with Crippen LogP contribution in [0.1, 0.15) is 63.4 Å². The maximum absolute atomic E-state index is 14.3. The van der Waals surface area contributed by atoms with Crippen molar-refractivity contribution in [3.8, 4) is 0 Å². The van der Waals surface area contributed by atoms with Crippen LogP contribution in [0.2, 0.25) is 0 Å². The number of carboxylic acids is 6. The van der Waals surface area contributed by atoms with E-state index >= 15 is 0 Å². The summed E-state index contributed by atoms with van der Waals surface area (Å²) in [5.41, 5.74) is 0.869. The smallest absolute Gasteiger partial charge is 0.326 e. The number of hydrogen-bond donors (Lipinski definition) is 11. The number of carbonyl (C=O) groups excluding carboxylic acids is 4. The van der Waals surface area contributed by atoms with Gasteiger partial charge in [0, 0.05) is 84.2 Å². The molecule has 5 amide bonds. The van der Waals surface area contributed by atoms with Crippen LogP contribution in [0.25, 0.3) is 21.5 Å². The Balaban J connectivity index is 1.05. The number of carbonyl (C=O) groups is 10. The summed E-state index contributed by atoms with van der Waals surface area (Å²) in [4.78, 5) is 131. The highest BCUT2D eigenvalue weighted by Gasteiger charge is 2.47. The van der Waals surface area contributed by atoms with Crippen molar-refractivity contribution >= 4 is 81.1 Å². The highest BCUT2D eigenvalue weighted by atomic mass is 16.4. The van der Waals surface area contributed by atoms with Crippen molar-refractivity contribution in [2.75, 3.05) is 91.6 Å². The summed E-state index contributed by atoms with van der Waals surface area (Å²) >= 11 is 0. The fourth-order valence-corrected chi connectivity index (χ4v) is 10.9. The third kappa shape index (κ3) is 19.7. The number of rotatable bonds is 27. The van der Waals surface area contributed by atoms with Crippen LogP contribution in [0.3, 0.4) is 0 Å². The Kier molecular flexibility index (Phi) is 23.3. The van der Waals surface area contributed by atoms with E-state index in [2.05, 4.69) is 32.7 Å². The van der Waals surface area contributed by atoms with E-state index in [-0.39, 0.29) is 121 Å². The number of hydrogen-bond acceptors (Lipinski definition) is 14. The van der Waals surface area contributed by atoms with Crippen LogP contribution in [0.15, 0.2) is 54.6 Å². The zero-order valence-corrected chi connectivity index (χ0v) is 44.8. The molecule has 1 aliphatic heterocycles. The zero-order chi connectivity index (χ0) is 57.9. The summed E-state index contributed by atoms with van der Waals surface area (Å²) in [5, 5.41) is 74.4. The summed E-state index contributed by atoms with van der Waals surface area (Å²) in [7, 11) is 0. The molecule has 25 heteroatoms. The van der Waals surface area contributed by atoms with Gasteiger partial charge >= 0.3 is 41.8 Å². The van der Waals surface area contributed by atoms with Crippen LogP contribution in [0.5, 0.6) is 0 Å². The maximum Gasteiger partial charge on any atom is 0.326 e. The molecule has 3 aromatic carbocycles. The maximum atomic E-state index is 14.3. The van der Waals surface area contributed by atoms with E-state index in [0.29, 0.717) is 58.2 Å². The van der Waals surface area contributed by atoms with Crippen molar-refractivity contribution in [2.45, 2.75) is 82.3 Å². The molecule has 3 fully saturated rings. The molecule has 3 aromatic rings. The van der Waals surface area contributed by atoms with Crippen molar-refractivity contribution < 1.29 is 78.6 Å². The lowest BCUT2D eigenvalue weighted by atomic mass is 9.81. The SMILES string of the molecule is O=C(O)CCC[C@H](NC(=O)N[C@H](C(=O)O)[C@H]1C[C@@H]1CCNC(=O)[C@H](Cc1c2ccccc2cc2ccccc12)NC(=O)[C@H]1CC[C@H](CNC(=O)CN2CCN(CC(=O)O)CCN(CC(=O)O)CCN(CC(=O)O)CC2)CC1)C(=O)O. The molecule has 80 heavy (non-hydrogen) atoms. The van der Waals surface area contributed by atoms with Gasteiger partial charge in [0.15, 0.2) is 0 Å². The quantitative estimate of drug-likeness (QED) is 0.0475. The van der Waals surface area contributed by atoms with Crippen molar-refractivity contribution in [3.63, 3.8) is 0 Å². The number of benzene rings is 3. The third-order valence-corrected chi connectivity index (χ3v) is 15.4. The van der Waals surface area contributed by atoms with Gasteiger partial charge in [-0.25, -0.2) is 14.4 Å². The van der Waals surface area contributed by atoms with Crippen LogP contribution in [-0.2, 0) is 49.6 Å². The Morgan fingerprint density at radius 3 is 1.56 bits per heavy atom. The molecule has 0 aromatic heterocycles. The lowest BCUT2D eigenvalue weighted by Crippen LogP contribution is -2.52. The predicted molar refractivity (Wildman–Crippen MR) is 289 cm³/mol. The van der Waals surface area contributed by atoms with Crippen LogP contribution < -0.4 is 26.6 Å². The van der Waals surface area contributed by atoms with Crippen LogP contribution >= 0.6 is 0 Å². The highest BCUT2D eigenvalue weighted by Crippen LogP contribution is 2.43. The topological polar surface area (TPSA) is 365 Å². The van der Waals surface area contributed by atoms with Crippen molar-refractivity contribution in [2.24, 2.45) is 23.7 Å². The van der Waals surface area contributed by atoms with Crippen molar-refractivity contribution in [3.05, 3.63) is 60.2 Å². The van der Waals surface area contributed by atoms with E-state index in [1.54, 1.807) is 14.7 Å². The summed E-state index contributed by atoms with van der Waals surface area (Å²) in [6, 6.07) is 12.8. The van der Waals surface area contributed by atoms with Gasteiger partial charge in [-0.05, 0) is 102 Å². The first-order valence-electron chi connectivity index (χ1n) is 27.3. The second kappa shape index (κ2) is 30.2. The minimum absolute atomic E-state index is 0.0213. The first-order chi connectivity index (χ1) is 38.2. The minimum atomic E-state index is -1.43. The van der Waals surface area contributed by atoms with Gasteiger partial charge in [0.2, 0.25) is 17.7 Å². The molecule has 6 rings (SSSR count). The van der Waals surface area contributed by atoms with E-state index < -0.39 is 77.7 Å². The average Bonchev–Trinajstić information content (AvgIpc) is 4.24. The average molecular weight is 1120 g/mol. The van der Waals surface area contributed by atoms with Crippen molar-refractivity contribution in [1.82, 2.24) is 46.2 Å². The van der Waals surface area contributed by atoms with E-state index in [1.807, 2.05) is 53.4 Å². The molecule has 2 saturated carbocycles. The number of amides is 5. The van der Waals surface area contributed by atoms with E-state index in [1.165, 1.54) is 0 Å². The number of carboxylic acid groups (broad SMARTS) is 6. The Morgan fingerprint density at radius 2 is 1.07 bits per heavy atom. The second-order valence-corrected chi connectivity index (χ2v) is 21.2. The van der Waals surface area contributed by atoms with Gasteiger partial charge in [0.05, 0.1) is 26.2 Å². The molecule has 0 radical (unpaired) electrons. The molecule has 0 bridgehead atoms. The fraction of sp³-hybridized carbons (Fsp3) is 0.564. The molecule has 5 atom stereocenters. The molecule has 0 spiro atoms. The summed E-state index contributed by atoms with van der Waals surface area (Å²) in [5.74, 6) is -9.12. The Labute approximate surface area is 462 Å². The molecule has 25 nitrogen and oxygen atoms in total.